The number of ether oxygens (including phenoxy) is 1. The van der Waals surface area contributed by atoms with Crippen molar-refractivity contribution in [1.29, 1.82) is 0 Å². The van der Waals surface area contributed by atoms with E-state index in [1.807, 2.05) is 0 Å². The Bertz CT molecular complexity index is 1160. The van der Waals surface area contributed by atoms with Crippen molar-refractivity contribution < 1.29 is 24.2 Å². The van der Waals surface area contributed by atoms with Crippen molar-refractivity contribution in [2.45, 2.75) is 0 Å². The first-order valence-corrected chi connectivity index (χ1v) is 9.38. The van der Waals surface area contributed by atoms with Crippen molar-refractivity contribution in [3.05, 3.63) is 87.4 Å². The van der Waals surface area contributed by atoms with E-state index in [2.05, 4.69) is 5.32 Å². The SMILES string of the molecule is COC(=O)c1cc(-c2cccc(C(=O)O)c2)ccc1NC(=O)c1ccc(Cl)cc1Cl. The summed E-state index contributed by atoms with van der Waals surface area (Å²) in [6.07, 6.45) is 0. The number of carbonyl (C=O) groups is 3. The van der Waals surface area contributed by atoms with Gasteiger partial charge in [-0.15, -0.1) is 0 Å². The number of esters is 1. The minimum Gasteiger partial charge on any atom is -0.478 e. The van der Waals surface area contributed by atoms with Gasteiger partial charge in [-0.1, -0.05) is 41.4 Å². The number of aromatic carboxylic acids is 1. The molecule has 0 aliphatic heterocycles. The standard InChI is InChI=1S/C22H15Cl2NO5/c1-30-22(29)17-10-13(12-3-2-4-14(9-12)21(27)28)5-8-19(17)25-20(26)16-7-6-15(23)11-18(16)24/h2-11H,1H3,(H,25,26)(H,27,28). The zero-order valence-electron chi connectivity index (χ0n) is 15.6. The van der Waals surface area contributed by atoms with Gasteiger partial charge in [-0.2, -0.15) is 0 Å². The molecule has 30 heavy (non-hydrogen) atoms. The van der Waals surface area contributed by atoms with Crippen LogP contribution in [0.3, 0.4) is 0 Å². The summed E-state index contributed by atoms with van der Waals surface area (Å²) in [5.41, 5.74) is 1.81. The molecule has 0 aliphatic rings. The van der Waals surface area contributed by atoms with Gasteiger partial charge in [0.25, 0.3) is 5.91 Å². The fourth-order valence-corrected chi connectivity index (χ4v) is 3.30. The molecule has 152 valence electrons. The van der Waals surface area contributed by atoms with Crippen LogP contribution in [0.5, 0.6) is 0 Å². The van der Waals surface area contributed by atoms with Gasteiger partial charge in [0.15, 0.2) is 0 Å². The second-order valence-corrected chi connectivity index (χ2v) is 7.06. The molecular weight excluding hydrogens is 429 g/mol. The summed E-state index contributed by atoms with van der Waals surface area (Å²) >= 11 is 11.9. The number of carbonyl (C=O) groups excluding carboxylic acids is 2. The van der Waals surface area contributed by atoms with Crippen LogP contribution >= 0.6 is 23.2 Å². The maximum atomic E-state index is 12.6. The average Bonchev–Trinajstić information content (AvgIpc) is 2.73. The first-order valence-electron chi connectivity index (χ1n) is 8.62. The number of carboxylic acids is 1. The second kappa shape index (κ2) is 8.98. The fraction of sp³-hybridized carbons (Fsp3) is 0.0455. The Hall–Kier alpha value is -3.35. The Morgan fingerprint density at radius 1 is 0.900 bits per heavy atom. The molecule has 0 unspecified atom stereocenters. The summed E-state index contributed by atoms with van der Waals surface area (Å²) in [6, 6.07) is 15.4. The van der Waals surface area contributed by atoms with E-state index in [0.29, 0.717) is 16.1 Å². The molecular formula is C22H15Cl2NO5. The molecule has 0 saturated heterocycles. The van der Waals surface area contributed by atoms with Gasteiger partial charge in [0, 0.05) is 5.02 Å². The predicted molar refractivity (Wildman–Crippen MR) is 115 cm³/mol. The number of halogens is 2. The average molecular weight is 444 g/mol. The minimum absolute atomic E-state index is 0.106. The summed E-state index contributed by atoms with van der Waals surface area (Å²) in [7, 11) is 1.22. The zero-order chi connectivity index (χ0) is 21.8. The molecule has 3 aromatic rings. The monoisotopic (exact) mass is 443 g/mol. The van der Waals surface area contributed by atoms with E-state index in [1.165, 1.54) is 49.6 Å². The van der Waals surface area contributed by atoms with E-state index in [1.54, 1.807) is 18.2 Å². The predicted octanol–water partition coefficient (Wildman–Crippen LogP) is 5.40. The van der Waals surface area contributed by atoms with Crippen LogP contribution in [0.15, 0.2) is 60.7 Å². The number of amides is 1. The third kappa shape index (κ3) is 4.62. The molecule has 0 atom stereocenters. The Labute approximate surface area is 182 Å². The highest BCUT2D eigenvalue weighted by molar-refractivity contribution is 6.37. The van der Waals surface area contributed by atoms with Gasteiger partial charge in [-0.3, -0.25) is 4.79 Å². The van der Waals surface area contributed by atoms with Crippen molar-refractivity contribution in [3.8, 4) is 11.1 Å². The normalized spacial score (nSPS) is 10.4. The highest BCUT2D eigenvalue weighted by Crippen LogP contribution is 2.28. The van der Waals surface area contributed by atoms with Crippen LogP contribution in [-0.4, -0.2) is 30.1 Å². The first-order chi connectivity index (χ1) is 14.3. The molecule has 0 aromatic heterocycles. The van der Waals surface area contributed by atoms with Gasteiger partial charge < -0.3 is 15.2 Å². The van der Waals surface area contributed by atoms with Crippen LogP contribution < -0.4 is 5.32 Å². The van der Waals surface area contributed by atoms with Crippen molar-refractivity contribution >= 4 is 46.7 Å². The topological polar surface area (TPSA) is 92.7 Å². The van der Waals surface area contributed by atoms with Crippen LogP contribution in [0.1, 0.15) is 31.1 Å². The van der Waals surface area contributed by atoms with Gasteiger partial charge in [-0.05, 0) is 53.6 Å². The summed E-state index contributed by atoms with van der Waals surface area (Å²) in [5, 5.41) is 12.4. The summed E-state index contributed by atoms with van der Waals surface area (Å²) < 4.78 is 4.83. The van der Waals surface area contributed by atoms with Crippen LogP contribution in [0, 0.1) is 0 Å². The van der Waals surface area contributed by atoms with Crippen LogP contribution in [-0.2, 0) is 4.74 Å². The smallest absolute Gasteiger partial charge is 0.339 e. The molecule has 0 radical (unpaired) electrons. The summed E-state index contributed by atoms with van der Waals surface area (Å²) in [5.74, 6) is -2.25. The molecule has 1 amide bonds. The van der Waals surface area contributed by atoms with E-state index < -0.39 is 17.8 Å². The van der Waals surface area contributed by atoms with Gasteiger partial charge in [0.1, 0.15) is 0 Å². The van der Waals surface area contributed by atoms with Gasteiger partial charge >= 0.3 is 11.9 Å². The van der Waals surface area contributed by atoms with Crippen LogP contribution in [0.4, 0.5) is 5.69 Å². The number of nitrogens with one attached hydrogen (secondary N) is 1. The van der Waals surface area contributed by atoms with Crippen molar-refractivity contribution in [2.24, 2.45) is 0 Å². The Morgan fingerprint density at radius 3 is 2.30 bits per heavy atom. The number of methoxy groups -OCH3 is 1. The highest BCUT2D eigenvalue weighted by atomic mass is 35.5. The lowest BCUT2D eigenvalue weighted by atomic mass is 9.99. The lowest BCUT2D eigenvalue weighted by Gasteiger charge is -2.13. The van der Waals surface area contributed by atoms with E-state index in [-0.39, 0.29) is 27.4 Å². The van der Waals surface area contributed by atoms with Crippen LogP contribution in [0.25, 0.3) is 11.1 Å². The first kappa shape index (κ1) is 21.4. The molecule has 8 heteroatoms. The number of anilines is 1. The zero-order valence-corrected chi connectivity index (χ0v) is 17.1. The molecule has 3 rings (SSSR count). The Morgan fingerprint density at radius 2 is 1.63 bits per heavy atom. The van der Waals surface area contributed by atoms with Crippen molar-refractivity contribution in [3.63, 3.8) is 0 Å². The molecule has 0 bridgehead atoms. The number of hydrogen-bond acceptors (Lipinski definition) is 4. The quantitative estimate of drug-likeness (QED) is 0.515. The molecule has 0 spiro atoms. The van der Waals surface area contributed by atoms with Gasteiger partial charge in [-0.25, -0.2) is 9.59 Å². The molecule has 2 N–H and O–H groups in total. The highest BCUT2D eigenvalue weighted by Gasteiger charge is 2.18. The van der Waals surface area contributed by atoms with E-state index >= 15 is 0 Å². The second-order valence-electron chi connectivity index (χ2n) is 6.22. The van der Waals surface area contributed by atoms with Crippen molar-refractivity contribution in [1.82, 2.24) is 0 Å². The van der Waals surface area contributed by atoms with E-state index in [0.717, 1.165) is 0 Å². The third-order valence-corrected chi connectivity index (χ3v) is 4.84. The largest absolute Gasteiger partial charge is 0.478 e. The lowest BCUT2D eigenvalue weighted by Crippen LogP contribution is -2.16. The number of hydrogen-bond donors (Lipinski definition) is 2. The molecule has 6 nitrogen and oxygen atoms in total. The number of carboxylic acid groups (broad SMARTS) is 1. The number of benzene rings is 3. The van der Waals surface area contributed by atoms with Crippen LogP contribution in [0.2, 0.25) is 10.0 Å². The van der Waals surface area contributed by atoms with E-state index in [9.17, 15) is 19.5 Å². The Balaban J connectivity index is 1.99. The molecule has 0 fully saturated rings. The molecule has 0 heterocycles. The Kier molecular flexibility index (Phi) is 6.40. The third-order valence-electron chi connectivity index (χ3n) is 4.29. The summed E-state index contributed by atoms with van der Waals surface area (Å²) in [4.78, 5) is 36.2. The van der Waals surface area contributed by atoms with E-state index in [4.69, 9.17) is 27.9 Å². The minimum atomic E-state index is -1.06. The fourth-order valence-electron chi connectivity index (χ4n) is 2.81. The maximum absolute atomic E-state index is 12.6. The molecule has 3 aromatic carbocycles. The lowest BCUT2D eigenvalue weighted by molar-refractivity contribution is 0.0601. The van der Waals surface area contributed by atoms with Crippen molar-refractivity contribution in [2.75, 3.05) is 12.4 Å². The maximum Gasteiger partial charge on any atom is 0.339 e. The summed E-state index contributed by atoms with van der Waals surface area (Å²) in [6.45, 7) is 0. The number of rotatable bonds is 5. The van der Waals surface area contributed by atoms with Gasteiger partial charge in [0.2, 0.25) is 0 Å². The van der Waals surface area contributed by atoms with Gasteiger partial charge in [0.05, 0.1) is 34.5 Å². The molecule has 0 aliphatic carbocycles. The molecule has 0 saturated carbocycles.